The summed E-state index contributed by atoms with van der Waals surface area (Å²) in [7, 11) is 0. The molecule has 0 heterocycles. The van der Waals surface area contributed by atoms with Crippen molar-refractivity contribution >= 4 is 6.09 Å². The summed E-state index contributed by atoms with van der Waals surface area (Å²) in [5, 5.41) is 9.87. The van der Waals surface area contributed by atoms with Gasteiger partial charge in [-0.3, -0.25) is 0 Å². The van der Waals surface area contributed by atoms with Crippen LogP contribution in [0.4, 0.5) is 9.18 Å². The van der Waals surface area contributed by atoms with Crippen LogP contribution in [0.1, 0.15) is 6.92 Å². The molecule has 0 saturated heterocycles. The van der Waals surface area contributed by atoms with E-state index in [2.05, 4.69) is 0 Å². The lowest BCUT2D eigenvalue weighted by Crippen LogP contribution is -2.32. The maximum absolute atomic E-state index is 11.4. The second-order valence-corrected chi connectivity index (χ2v) is 1.50. The number of carboxylic acid groups (broad SMARTS) is 1. The molecule has 0 aliphatic carbocycles. The molecule has 0 unspecified atom stereocenters. The molecular weight excluding hydrogens is 113 g/mol. The Balaban J connectivity index is 3.24. The molecule has 0 saturated carbocycles. The molecule has 0 spiro atoms. The number of amides is 1. The van der Waals surface area contributed by atoms with Crippen molar-refractivity contribution < 1.29 is 14.3 Å². The molecule has 0 fully saturated rings. The number of hydrogen-bond acceptors (Lipinski definition) is 1. The Hall–Kier alpha value is -0.800. The Labute approximate surface area is 46.5 Å². The molecule has 1 amide bonds. The Bertz CT molecular complexity index is 86.1. The molecule has 48 valence electrons. The predicted molar refractivity (Wildman–Crippen MR) is 26.6 cm³/mol. The van der Waals surface area contributed by atoms with Gasteiger partial charge in [-0.25, -0.2) is 9.18 Å². The quantitative estimate of drug-likeness (QED) is 0.562. The summed E-state index contributed by atoms with van der Waals surface area (Å²) in [6, 6.07) is -0.590. The van der Waals surface area contributed by atoms with Gasteiger partial charge in [0.25, 0.3) is 0 Å². The molecule has 0 bridgehead atoms. The fourth-order valence-corrected chi connectivity index (χ4v) is 0.249. The van der Waals surface area contributed by atoms with E-state index in [4.69, 9.17) is 5.11 Å². The number of hydrogen-bond donors (Lipinski definition) is 2. The van der Waals surface area contributed by atoms with Crippen LogP contribution in [0.3, 0.4) is 0 Å². The highest BCUT2D eigenvalue weighted by molar-refractivity contribution is 5.64. The zero-order valence-corrected chi connectivity index (χ0v) is 4.52. The van der Waals surface area contributed by atoms with Crippen molar-refractivity contribution in [3.05, 3.63) is 0 Å². The summed E-state index contributed by atoms with van der Waals surface area (Å²) in [6.07, 6.45) is -1.19. The summed E-state index contributed by atoms with van der Waals surface area (Å²) >= 11 is 0. The molecule has 3 nitrogen and oxygen atoms in total. The Morgan fingerprint density at radius 1 is 2.00 bits per heavy atom. The smallest absolute Gasteiger partial charge is 0.404 e. The van der Waals surface area contributed by atoms with Gasteiger partial charge in [0, 0.05) is 0 Å². The Morgan fingerprint density at radius 3 is 2.62 bits per heavy atom. The van der Waals surface area contributed by atoms with Crippen molar-refractivity contribution in [3.8, 4) is 0 Å². The molecule has 4 heteroatoms. The van der Waals surface area contributed by atoms with Crippen LogP contribution in [-0.2, 0) is 0 Å². The van der Waals surface area contributed by atoms with Gasteiger partial charge >= 0.3 is 6.09 Å². The molecule has 0 aromatic rings. The van der Waals surface area contributed by atoms with E-state index in [1.165, 1.54) is 6.92 Å². The minimum absolute atomic E-state index is 0.590. The molecule has 0 radical (unpaired) electrons. The molecular formula is C4H8FNO2. The fourth-order valence-electron chi connectivity index (χ4n) is 0.249. The van der Waals surface area contributed by atoms with Gasteiger partial charge in [-0.05, 0) is 6.92 Å². The number of halogens is 1. The lowest BCUT2D eigenvalue weighted by Gasteiger charge is -2.03. The van der Waals surface area contributed by atoms with Gasteiger partial charge in [0.15, 0.2) is 0 Å². The van der Waals surface area contributed by atoms with Crippen molar-refractivity contribution in [2.75, 3.05) is 6.67 Å². The Kier molecular flexibility index (Phi) is 2.91. The summed E-state index contributed by atoms with van der Waals surface area (Å²) in [4.78, 5) is 9.69. The van der Waals surface area contributed by atoms with E-state index in [0.717, 1.165) is 0 Å². The average molecular weight is 121 g/mol. The van der Waals surface area contributed by atoms with Crippen LogP contribution in [-0.4, -0.2) is 23.9 Å². The molecule has 1 atom stereocenters. The topological polar surface area (TPSA) is 49.3 Å². The number of rotatable bonds is 2. The highest BCUT2D eigenvalue weighted by atomic mass is 19.1. The Morgan fingerprint density at radius 2 is 2.50 bits per heavy atom. The minimum Gasteiger partial charge on any atom is -0.465 e. The average Bonchev–Trinajstić information content (AvgIpc) is 1.65. The van der Waals surface area contributed by atoms with Gasteiger partial charge in [-0.15, -0.1) is 0 Å². The minimum atomic E-state index is -1.19. The van der Waals surface area contributed by atoms with Crippen LogP contribution in [0.5, 0.6) is 0 Å². The summed E-state index contributed by atoms with van der Waals surface area (Å²) in [5.74, 6) is 0. The monoisotopic (exact) mass is 121 g/mol. The van der Waals surface area contributed by atoms with Crippen molar-refractivity contribution in [3.63, 3.8) is 0 Å². The first-order chi connectivity index (χ1) is 3.66. The van der Waals surface area contributed by atoms with Crippen LogP contribution in [0, 0.1) is 0 Å². The highest BCUT2D eigenvalue weighted by Gasteiger charge is 2.01. The van der Waals surface area contributed by atoms with Gasteiger partial charge in [0.05, 0.1) is 6.04 Å². The maximum Gasteiger partial charge on any atom is 0.404 e. The van der Waals surface area contributed by atoms with Crippen LogP contribution < -0.4 is 5.32 Å². The maximum atomic E-state index is 11.4. The number of carbonyl (C=O) groups is 1. The van der Waals surface area contributed by atoms with Crippen molar-refractivity contribution in [1.82, 2.24) is 5.32 Å². The van der Waals surface area contributed by atoms with E-state index in [1.54, 1.807) is 0 Å². The molecule has 0 aromatic carbocycles. The standard InChI is InChI=1S/C4H8FNO2/c1-3(2-5)6-4(7)8/h3,6H,2H2,1H3,(H,7,8)/t3-/m0/s1. The molecule has 8 heavy (non-hydrogen) atoms. The largest absolute Gasteiger partial charge is 0.465 e. The van der Waals surface area contributed by atoms with E-state index >= 15 is 0 Å². The van der Waals surface area contributed by atoms with Crippen molar-refractivity contribution in [1.29, 1.82) is 0 Å². The van der Waals surface area contributed by atoms with Crippen molar-refractivity contribution in [2.45, 2.75) is 13.0 Å². The first kappa shape index (κ1) is 7.20. The summed E-state index contributed by atoms with van der Waals surface area (Å²) < 4.78 is 11.4. The zero-order valence-electron chi connectivity index (χ0n) is 4.52. The third-order valence-corrected chi connectivity index (χ3v) is 0.601. The SMILES string of the molecule is C[C@@H](CF)NC(=O)O. The third kappa shape index (κ3) is 3.39. The number of nitrogens with one attached hydrogen (secondary N) is 1. The lowest BCUT2D eigenvalue weighted by molar-refractivity contribution is 0.188. The van der Waals surface area contributed by atoms with E-state index in [-0.39, 0.29) is 0 Å². The van der Waals surface area contributed by atoms with Gasteiger partial charge in [-0.2, -0.15) is 0 Å². The molecule has 0 aliphatic rings. The van der Waals surface area contributed by atoms with Gasteiger partial charge < -0.3 is 10.4 Å². The van der Waals surface area contributed by atoms with Crippen LogP contribution in [0.25, 0.3) is 0 Å². The lowest BCUT2D eigenvalue weighted by atomic mass is 10.4. The van der Waals surface area contributed by atoms with Gasteiger partial charge in [-0.1, -0.05) is 0 Å². The highest BCUT2D eigenvalue weighted by Crippen LogP contribution is 1.79. The van der Waals surface area contributed by atoms with Crippen LogP contribution >= 0.6 is 0 Å². The molecule has 0 aliphatic heterocycles. The fraction of sp³-hybridized carbons (Fsp3) is 0.750. The van der Waals surface area contributed by atoms with Crippen LogP contribution in [0.15, 0.2) is 0 Å². The van der Waals surface area contributed by atoms with E-state index < -0.39 is 18.8 Å². The predicted octanol–water partition coefficient (Wildman–Crippen LogP) is 0.612. The molecule has 2 N–H and O–H groups in total. The van der Waals surface area contributed by atoms with E-state index in [0.29, 0.717) is 0 Å². The third-order valence-electron chi connectivity index (χ3n) is 0.601. The first-order valence-electron chi connectivity index (χ1n) is 2.22. The normalized spacial score (nSPS) is 12.8. The van der Waals surface area contributed by atoms with Crippen LogP contribution in [0.2, 0.25) is 0 Å². The van der Waals surface area contributed by atoms with E-state index in [1.807, 2.05) is 5.32 Å². The molecule has 0 aromatic heterocycles. The van der Waals surface area contributed by atoms with Gasteiger partial charge in [0.1, 0.15) is 6.67 Å². The van der Waals surface area contributed by atoms with Gasteiger partial charge in [0.2, 0.25) is 0 Å². The second kappa shape index (κ2) is 3.23. The summed E-state index contributed by atoms with van der Waals surface area (Å²) in [6.45, 7) is 0.792. The zero-order chi connectivity index (χ0) is 6.57. The summed E-state index contributed by atoms with van der Waals surface area (Å²) in [5.41, 5.74) is 0. The molecule has 0 rings (SSSR count). The number of alkyl halides is 1. The second-order valence-electron chi connectivity index (χ2n) is 1.50. The first-order valence-corrected chi connectivity index (χ1v) is 2.22. The van der Waals surface area contributed by atoms with E-state index in [9.17, 15) is 9.18 Å². The van der Waals surface area contributed by atoms with Crippen molar-refractivity contribution in [2.24, 2.45) is 0 Å².